The van der Waals surface area contributed by atoms with E-state index in [9.17, 15) is 14.4 Å². The Bertz CT molecular complexity index is 636. The topological polar surface area (TPSA) is 108 Å². The Morgan fingerprint density at radius 1 is 1.35 bits per heavy atom. The number of nitrogens with zero attached hydrogens (tertiary/aromatic N) is 1. The van der Waals surface area contributed by atoms with Crippen LogP contribution in [-0.4, -0.2) is 30.9 Å². The van der Waals surface area contributed by atoms with E-state index in [0.717, 1.165) is 0 Å². The van der Waals surface area contributed by atoms with Gasteiger partial charge in [-0.25, -0.2) is 4.79 Å². The number of nitriles is 1. The quantitative estimate of drug-likeness (QED) is 0.772. The van der Waals surface area contributed by atoms with Crippen LogP contribution in [0.2, 0.25) is 0 Å². The molecule has 0 radical (unpaired) electrons. The van der Waals surface area contributed by atoms with Crippen LogP contribution in [0.4, 0.5) is 5.69 Å². The predicted octanol–water partition coefficient (Wildman–Crippen LogP) is 1.47. The van der Waals surface area contributed by atoms with E-state index in [0.29, 0.717) is 5.69 Å². The molecule has 1 aromatic carbocycles. The lowest BCUT2D eigenvalue weighted by Crippen LogP contribution is -2.42. The number of amides is 2. The Balaban J connectivity index is 2.88. The molecule has 23 heavy (non-hydrogen) atoms. The molecule has 0 fully saturated rings. The number of benzene rings is 1. The van der Waals surface area contributed by atoms with Crippen LogP contribution in [0.5, 0.6) is 0 Å². The second-order valence-corrected chi connectivity index (χ2v) is 5.08. The maximum Gasteiger partial charge on any atom is 0.328 e. The van der Waals surface area contributed by atoms with E-state index in [4.69, 9.17) is 5.26 Å². The average Bonchev–Trinajstić information content (AvgIpc) is 2.52. The molecule has 0 unspecified atom stereocenters. The van der Waals surface area contributed by atoms with Crippen LogP contribution in [0.3, 0.4) is 0 Å². The number of methoxy groups -OCH3 is 1. The van der Waals surface area contributed by atoms with Crippen molar-refractivity contribution >= 4 is 23.5 Å². The summed E-state index contributed by atoms with van der Waals surface area (Å²) >= 11 is 0. The van der Waals surface area contributed by atoms with Crippen molar-refractivity contribution in [3.8, 4) is 6.07 Å². The number of esters is 1. The molecule has 1 rings (SSSR count). The third-order valence-corrected chi connectivity index (χ3v) is 3.05. The molecule has 0 aliphatic heterocycles. The Kier molecular flexibility index (Phi) is 6.74. The Hall–Kier alpha value is -2.88. The van der Waals surface area contributed by atoms with Crippen molar-refractivity contribution < 1.29 is 19.1 Å². The summed E-state index contributed by atoms with van der Waals surface area (Å²) in [5.41, 5.74) is 0.764. The number of hydrogen-bond acceptors (Lipinski definition) is 5. The molecular weight excluding hydrogens is 298 g/mol. The summed E-state index contributed by atoms with van der Waals surface area (Å²) in [4.78, 5) is 35.1. The van der Waals surface area contributed by atoms with Crippen molar-refractivity contribution in [2.75, 3.05) is 12.4 Å². The molecule has 0 aromatic heterocycles. The van der Waals surface area contributed by atoms with Gasteiger partial charge in [0.2, 0.25) is 5.91 Å². The summed E-state index contributed by atoms with van der Waals surface area (Å²) in [6, 6.07) is 7.42. The van der Waals surface area contributed by atoms with Gasteiger partial charge in [0, 0.05) is 24.1 Å². The van der Waals surface area contributed by atoms with Gasteiger partial charge in [-0.3, -0.25) is 9.59 Å². The lowest BCUT2D eigenvalue weighted by atomic mass is 10.0. The summed E-state index contributed by atoms with van der Waals surface area (Å²) in [7, 11) is 1.22. The standard InChI is InChI=1S/C16H19N3O4/c1-10(9-17)7-14(16(22)23-3)19-15(21)12-5-4-6-13(8-12)18-11(2)20/h4-6,8,10,14H,7H2,1-3H3,(H,18,20)(H,19,21)/t10-,14+/m1/s1. The average molecular weight is 317 g/mol. The summed E-state index contributed by atoms with van der Waals surface area (Å²) in [5, 5.41) is 14.0. The molecular formula is C16H19N3O4. The Labute approximate surface area is 134 Å². The van der Waals surface area contributed by atoms with Crippen LogP contribution in [0, 0.1) is 17.2 Å². The lowest BCUT2D eigenvalue weighted by Gasteiger charge is -2.17. The Morgan fingerprint density at radius 3 is 2.61 bits per heavy atom. The molecule has 2 amide bonds. The van der Waals surface area contributed by atoms with Gasteiger partial charge >= 0.3 is 5.97 Å². The zero-order valence-corrected chi connectivity index (χ0v) is 13.3. The maximum absolute atomic E-state index is 12.3. The van der Waals surface area contributed by atoms with Crippen molar-refractivity contribution in [3.05, 3.63) is 29.8 Å². The largest absolute Gasteiger partial charge is 0.467 e. The van der Waals surface area contributed by atoms with Crippen molar-refractivity contribution in [2.45, 2.75) is 26.3 Å². The normalized spacial score (nSPS) is 12.4. The van der Waals surface area contributed by atoms with Gasteiger partial charge in [0.05, 0.1) is 13.2 Å². The number of carbonyl (C=O) groups is 3. The van der Waals surface area contributed by atoms with Crippen molar-refractivity contribution in [1.82, 2.24) is 5.32 Å². The molecule has 0 heterocycles. The molecule has 0 saturated carbocycles. The van der Waals surface area contributed by atoms with Gasteiger partial charge in [-0.15, -0.1) is 0 Å². The molecule has 0 spiro atoms. The number of nitrogens with one attached hydrogen (secondary N) is 2. The predicted molar refractivity (Wildman–Crippen MR) is 83.4 cm³/mol. The molecule has 7 nitrogen and oxygen atoms in total. The van der Waals surface area contributed by atoms with Crippen molar-refractivity contribution in [2.24, 2.45) is 5.92 Å². The highest BCUT2D eigenvalue weighted by Crippen LogP contribution is 2.12. The van der Waals surface area contributed by atoms with Gasteiger partial charge in [-0.2, -0.15) is 5.26 Å². The minimum absolute atomic E-state index is 0.153. The minimum atomic E-state index is -0.911. The number of hydrogen-bond donors (Lipinski definition) is 2. The van der Waals surface area contributed by atoms with Crippen molar-refractivity contribution in [3.63, 3.8) is 0 Å². The van der Waals surface area contributed by atoms with E-state index < -0.39 is 23.8 Å². The van der Waals surface area contributed by atoms with Crippen LogP contribution >= 0.6 is 0 Å². The van der Waals surface area contributed by atoms with Gasteiger partial charge in [0.1, 0.15) is 6.04 Å². The smallest absolute Gasteiger partial charge is 0.328 e. The molecule has 0 bridgehead atoms. The molecule has 0 aliphatic carbocycles. The van der Waals surface area contributed by atoms with Gasteiger partial charge in [0.25, 0.3) is 5.91 Å². The molecule has 0 saturated heterocycles. The van der Waals surface area contributed by atoms with Gasteiger partial charge in [0.15, 0.2) is 0 Å². The monoisotopic (exact) mass is 317 g/mol. The SMILES string of the molecule is COC(=O)[C@H](C[C@@H](C)C#N)NC(=O)c1cccc(NC(C)=O)c1. The summed E-state index contributed by atoms with van der Waals surface area (Å²) in [6.07, 6.45) is 0.153. The number of carbonyl (C=O) groups excluding carboxylic acids is 3. The van der Waals surface area contributed by atoms with Crippen LogP contribution in [0.25, 0.3) is 0 Å². The molecule has 0 aliphatic rings. The third kappa shape index (κ3) is 5.79. The highest BCUT2D eigenvalue weighted by atomic mass is 16.5. The summed E-state index contributed by atoms with van der Waals surface area (Å²) in [6.45, 7) is 3.02. The first kappa shape index (κ1) is 18.2. The molecule has 7 heteroatoms. The highest BCUT2D eigenvalue weighted by molar-refractivity contribution is 5.98. The first-order valence-corrected chi connectivity index (χ1v) is 7.03. The van der Waals surface area contributed by atoms with E-state index >= 15 is 0 Å². The fraction of sp³-hybridized carbons (Fsp3) is 0.375. The lowest BCUT2D eigenvalue weighted by molar-refractivity contribution is -0.143. The molecule has 1 aromatic rings. The van der Waals surface area contributed by atoms with Gasteiger partial charge in [-0.1, -0.05) is 6.07 Å². The van der Waals surface area contributed by atoms with Gasteiger partial charge in [-0.05, 0) is 31.5 Å². The first-order chi connectivity index (χ1) is 10.9. The first-order valence-electron chi connectivity index (χ1n) is 7.03. The highest BCUT2D eigenvalue weighted by Gasteiger charge is 2.24. The van der Waals surface area contributed by atoms with Crippen molar-refractivity contribution in [1.29, 1.82) is 5.26 Å². The summed E-state index contributed by atoms with van der Waals surface area (Å²) in [5.74, 6) is -1.76. The fourth-order valence-electron chi connectivity index (χ4n) is 1.95. The fourth-order valence-corrected chi connectivity index (χ4v) is 1.95. The van der Waals surface area contributed by atoms with Crippen LogP contribution in [0.15, 0.2) is 24.3 Å². The zero-order chi connectivity index (χ0) is 17.4. The second kappa shape index (κ2) is 8.54. The number of anilines is 1. The Morgan fingerprint density at radius 2 is 2.04 bits per heavy atom. The van der Waals surface area contributed by atoms with E-state index in [1.807, 2.05) is 6.07 Å². The third-order valence-electron chi connectivity index (χ3n) is 3.05. The van der Waals surface area contributed by atoms with E-state index in [-0.39, 0.29) is 17.9 Å². The summed E-state index contributed by atoms with van der Waals surface area (Å²) < 4.78 is 4.65. The number of rotatable bonds is 6. The molecule has 2 atom stereocenters. The zero-order valence-electron chi connectivity index (χ0n) is 13.3. The van der Waals surface area contributed by atoms with E-state index in [2.05, 4.69) is 15.4 Å². The second-order valence-electron chi connectivity index (χ2n) is 5.08. The maximum atomic E-state index is 12.3. The van der Waals surface area contributed by atoms with Gasteiger partial charge < -0.3 is 15.4 Å². The minimum Gasteiger partial charge on any atom is -0.467 e. The number of ether oxygens (including phenoxy) is 1. The molecule has 122 valence electrons. The van der Waals surface area contributed by atoms with Crippen LogP contribution < -0.4 is 10.6 Å². The van der Waals surface area contributed by atoms with E-state index in [1.165, 1.54) is 20.1 Å². The van der Waals surface area contributed by atoms with Crippen LogP contribution in [0.1, 0.15) is 30.6 Å². The molecule has 2 N–H and O–H groups in total. The van der Waals surface area contributed by atoms with E-state index in [1.54, 1.807) is 25.1 Å². The van der Waals surface area contributed by atoms with Crippen LogP contribution in [-0.2, 0) is 14.3 Å².